The quantitative estimate of drug-likeness (QED) is 0.810. The van der Waals surface area contributed by atoms with Gasteiger partial charge in [-0.3, -0.25) is 9.78 Å². The van der Waals surface area contributed by atoms with Crippen LogP contribution in [0.4, 0.5) is 5.69 Å². The lowest BCUT2D eigenvalue weighted by atomic mass is 9.93. The number of likely N-dealkylation sites (tertiary alicyclic amines) is 1. The van der Waals surface area contributed by atoms with Crippen LogP contribution in [0.3, 0.4) is 0 Å². The van der Waals surface area contributed by atoms with Crippen molar-refractivity contribution >= 4 is 21.6 Å². The van der Waals surface area contributed by atoms with Crippen molar-refractivity contribution in [3.63, 3.8) is 0 Å². The fourth-order valence-corrected chi connectivity index (χ4v) is 5.10. The maximum Gasteiger partial charge on any atom is 0.255 e. The Balaban J connectivity index is 1.46. The third-order valence-corrected chi connectivity index (χ3v) is 6.78. The third kappa shape index (κ3) is 3.55. The second-order valence-electron chi connectivity index (χ2n) is 6.98. The number of nitrogens with zero attached hydrogens (tertiary/aromatic N) is 2. The maximum atomic E-state index is 12.6. The van der Waals surface area contributed by atoms with Crippen molar-refractivity contribution in [1.29, 1.82) is 0 Å². The molecule has 0 spiro atoms. The number of carbonyl (C=O) groups is 1. The molecule has 148 valence electrons. The Bertz CT molecular complexity index is 973. The summed E-state index contributed by atoms with van der Waals surface area (Å²) in [7, 11) is -2.05. The summed E-state index contributed by atoms with van der Waals surface area (Å²) >= 11 is 0. The van der Waals surface area contributed by atoms with Crippen molar-refractivity contribution in [3.05, 3.63) is 48.3 Å². The molecule has 0 bridgehead atoms. The minimum absolute atomic E-state index is 0.0428. The van der Waals surface area contributed by atoms with Gasteiger partial charge in [0, 0.05) is 31.5 Å². The molecule has 1 aromatic heterocycles. The molecule has 0 saturated carbocycles. The first-order chi connectivity index (χ1) is 13.5. The van der Waals surface area contributed by atoms with Crippen LogP contribution in [0.1, 0.15) is 23.2 Å². The minimum Gasteiger partial charge on any atom is -0.497 e. The van der Waals surface area contributed by atoms with Crippen LogP contribution < -0.4 is 14.8 Å². The van der Waals surface area contributed by atoms with Gasteiger partial charge in [0.15, 0.2) is 0 Å². The SMILES string of the molecule is COc1ccc2c(c1)NC(C1CCN(C(=O)c3cccnc3)CC1)NS2(=O)=O. The molecule has 9 heteroatoms. The molecule has 28 heavy (non-hydrogen) atoms. The van der Waals surface area contributed by atoms with Crippen LogP contribution in [-0.2, 0) is 10.0 Å². The minimum atomic E-state index is -3.60. The number of anilines is 1. The Morgan fingerprint density at radius 3 is 2.71 bits per heavy atom. The van der Waals surface area contributed by atoms with E-state index in [9.17, 15) is 13.2 Å². The first-order valence-electron chi connectivity index (χ1n) is 9.14. The van der Waals surface area contributed by atoms with Crippen molar-refractivity contribution in [1.82, 2.24) is 14.6 Å². The van der Waals surface area contributed by atoms with E-state index >= 15 is 0 Å². The normalized spacial score (nSPS) is 21.5. The topological polar surface area (TPSA) is 101 Å². The van der Waals surface area contributed by atoms with Gasteiger partial charge in [0.25, 0.3) is 5.91 Å². The highest BCUT2D eigenvalue weighted by Crippen LogP contribution is 2.33. The number of aromatic nitrogens is 1. The molecule has 3 heterocycles. The van der Waals surface area contributed by atoms with E-state index in [-0.39, 0.29) is 16.7 Å². The van der Waals surface area contributed by atoms with Gasteiger partial charge in [-0.05, 0) is 43.0 Å². The standard InChI is InChI=1S/C19H22N4O4S/c1-27-15-4-5-17-16(11-15)21-18(22-28(17,25)26)13-6-9-23(10-7-13)19(24)14-3-2-8-20-12-14/h2-5,8,11-13,18,21-22H,6-7,9-10H2,1H3. The summed E-state index contributed by atoms with van der Waals surface area (Å²) in [4.78, 5) is 18.6. The summed E-state index contributed by atoms with van der Waals surface area (Å²) in [6, 6.07) is 8.36. The van der Waals surface area contributed by atoms with Gasteiger partial charge in [0.1, 0.15) is 10.6 Å². The molecule has 1 saturated heterocycles. The summed E-state index contributed by atoms with van der Waals surface area (Å²) in [5.74, 6) is 0.630. The number of piperidine rings is 1. The van der Waals surface area contributed by atoms with Gasteiger partial charge in [0.05, 0.1) is 24.5 Å². The second-order valence-corrected chi connectivity index (χ2v) is 8.66. The first kappa shape index (κ1) is 18.7. The molecule has 4 rings (SSSR count). The largest absolute Gasteiger partial charge is 0.497 e. The summed E-state index contributed by atoms with van der Waals surface area (Å²) in [6.45, 7) is 1.15. The molecule has 1 amide bonds. The summed E-state index contributed by atoms with van der Waals surface area (Å²) in [5, 5.41) is 3.29. The van der Waals surface area contributed by atoms with E-state index in [1.165, 1.54) is 6.07 Å². The zero-order valence-electron chi connectivity index (χ0n) is 15.5. The summed E-state index contributed by atoms with van der Waals surface area (Å²) < 4.78 is 33.2. The van der Waals surface area contributed by atoms with E-state index in [0.29, 0.717) is 42.9 Å². The molecule has 2 aliphatic heterocycles. The van der Waals surface area contributed by atoms with E-state index in [0.717, 1.165) is 0 Å². The lowest BCUT2D eigenvalue weighted by molar-refractivity contribution is 0.0679. The van der Waals surface area contributed by atoms with Gasteiger partial charge in [-0.25, -0.2) is 8.42 Å². The van der Waals surface area contributed by atoms with E-state index < -0.39 is 16.2 Å². The van der Waals surface area contributed by atoms with Gasteiger partial charge in [-0.15, -0.1) is 0 Å². The maximum absolute atomic E-state index is 12.6. The fourth-order valence-electron chi connectivity index (χ4n) is 3.73. The molecule has 2 aromatic rings. The molecular formula is C19H22N4O4S. The van der Waals surface area contributed by atoms with Crippen molar-refractivity contribution in [3.8, 4) is 5.75 Å². The number of pyridine rings is 1. The molecule has 1 aromatic carbocycles. The Morgan fingerprint density at radius 2 is 2.04 bits per heavy atom. The van der Waals surface area contributed by atoms with Crippen molar-refractivity contribution in [2.75, 3.05) is 25.5 Å². The lowest BCUT2D eigenvalue weighted by Gasteiger charge is -2.39. The zero-order valence-corrected chi connectivity index (χ0v) is 16.3. The predicted molar refractivity (Wildman–Crippen MR) is 104 cm³/mol. The molecule has 2 N–H and O–H groups in total. The average molecular weight is 402 g/mol. The van der Waals surface area contributed by atoms with Gasteiger partial charge in [-0.1, -0.05) is 0 Å². The van der Waals surface area contributed by atoms with Crippen LogP contribution in [0.5, 0.6) is 5.75 Å². The monoisotopic (exact) mass is 402 g/mol. The number of hydrogen-bond acceptors (Lipinski definition) is 6. The number of methoxy groups -OCH3 is 1. The fraction of sp³-hybridized carbons (Fsp3) is 0.368. The number of amides is 1. The van der Waals surface area contributed by atoms with Crippen molar-refractivity contribution < 1.29 is 17.9 Å². The molecule has 0 aliphatic carbocycles. The Labute approximate surface area is 164 Å². The second kappa shape index (κ2) is 7.40. The van der Waals surface area contributed by atoms with Crippen LogP contribution in [0, 0.1) is 5.92 Å². The lowest BCUT2D eigenvalue weighted by Crippen LogP contribution is -2.52. The highest BCUT2D eigenvalue weighted by atomic mass is 32.2. The van der Waals surface area contributed by atoms with Gasteiger partial charge < -0.3 is 15.0 Å². The van der Waals surface area contributed by atoms with Crippen LogP contribution in [0.2, 0.25) is 0 Å². The third-order valence-electron chi connectivity index (χ3n) is 5.28. The van der Waals surface area contributed by atoms with E-state index in [1.54, 1.807) is 48.7 Å². The Hall–Kier alpha value is -2.65. The molecule has 8 nitrogen and oxygen atoms in total. The number of nitrogens with one attached hydrogen (secondary N) is 2. The van der Waals surface area contributed by atoms with Gasteiger partial charge in [-0.2, -0.15) is 4.72 Å². The molecule has 1 unspecified atom stereocenters. The van der Waals surface area contributed by atoms with E-state index in [1.807, 2.05) is 0 Å². The first-order valence-corrected chi connectivity index (χ1v) is 10.6. The Kier molecular flexibility index (Phi) is 4.94. The van der Waals surface area contributed by atoms with E-state index in [4.69, 9.17) is 4.74 Å². The van der Waals surface area contributed by atoms with Crippen molar-refractivity contribution in [2.24, 2.45) is 5.92 Å². The summed E-state index contributed by atoms with van der Waals surface area (Å²) in [6.07, 6.45) is 4.18. The summed E-state index contributed by atoms with van der Waals surface area (Å²) in [5.41, 5.74) is 1.11. The van der Waals surface area contributed by atoms with Crippen molar-refractivity contribution in [2.45, 2.75) is 23.9 Å². The Morgan fingerprint density at radius 1 is 1.25 bits per heavy atom. The van der Waals surface area contributed by atoms with Crippen LogP contribution in [0.15, 0.2) is 47.6 Å². The van der Waals surface area contributed by atoms with Gasteiger partial charge in [0.2, 0.25) is 10.0 Å². The molecule has 0 radical (unpaired) electrons. The molecule has 1 atom stereocenters. The smallest absolute Gasteiger partial charge is 0.255 e. The predicted octanol–water partition coefficient (Wildman–Crippen LogP) is 1.67. The molecular weight excluding hydrogens is 380 g/mol. The van der Waals surface area contributed by atoms with Crippen LogP contribution in [-0.4, -0.2) is 50.6 Å². The average Bonchev–Trinajstić information content (AvgIpc) is 2.73. The highest BCUT2D eigenvalue weighted by molar-refractivity contribution is 7.89. The number of benzene rings is 1. The molecule has 2 aliphatic rings. The van der Waals surface area contributed by atoms with Crippen LogP contribution in [0.25, 0.3) is 0 Å². The van der Waals surface area contributed by atoms with Crippen LogP contribution >= 0.6 is 0 Å². The number of ether oxygens (including phenoxy) is 1. The van der Waals surface area contributed by atoms with Gasteiger partial charge >= 0.3 is 0 Å². The van der Waals surface area contributed by atoms with E-state index in [2.05, 4.69) is 15.0 Å². The number of hydrogen-bond donors (Lipinski definition) is 2. The zero-order chi connectivity index (χ0) is 19.7. The number of rotatable bonds is 3. The molecule has 1 fully saturated rings. The number of carbonyl (C=O) groups excluding carboxylic acids is 1. The number of sulfonamides is 1. The highest BCUT2D eigenvalue weighted by Gasteiger charge is 2.36. The number of fused-ring (bicyclic) bond motifs is 1.